The summed E-state index contributed by atoms with van der Waals surface area (Å²) in [6, 6.07) is 9.41. The number of nitrogens with one attached hydrogen (secondary N) is 1. The Kier molecular flexibility index (Phi) is 3.51. The van der Waals surface area contributed by atoms with Crippen LogP contribution in [-0.4, -0.2) is 33.6 Å². The fraction of sp³-hybridized carbons (Fsp3) is 0.133. The molecule has 0 saturated heterocycles. The molecule has 2 amide bonds. The van der Waals surface area contributed by atoms with E-state index < -0.39 is 0 Å². The van der Waals surface area contributed by atoms with Crippen LogP contribution >= 0.6 is 0 Å². The molecule has 0 bridgehead atoms. The van der Waals surface area contributed by atoms with Crippen molar-refractivity contribution in [3.8, 4) is 5.69 Å². The molecule has 0 unspecified atom stereocenters. The van der Waals surface area contributed by atoms with Gasteiger partial charge in [-0.3, -0.25) is 15.2 Å². The van der Waals surface area contributed by atoms with Crippen LogP contribution in [-0.2, 0) is 0 Å². The Hall–Kier alpha value is -2.89. The Morgan fingerprint density at radius 2 is 2.14 bits per heavy atom. The zero-order valence-electron chi connectivity index (χ0n) is 11.6. The average molecular weight is 281 g/mol. The second-order valence-electron chi connectivity index (χ2n) is 4.63. The number of anilines is 1. The van der Waals surface area contributed by atoms with Crippen molar-refractivity contribution >= 4 is 18.1 Å². The van der Waals surface area contributed by atoms with E-state index in [0.717, 1.165) is 11.3 Å². The molecule has 2 aromatic rings. The topological polar surface area (TPSA) is 62.5 Å². The van der Waals surface area contributed by atoms with Crippen molar-refractivity contribution < 1.29 is 4.79 Å². The van der Waals surface area contributed by atoms with Crippen LogP contribution in [0.5, 0.6) is 0 Å². The third kappa shape index (κ3) is 2.69. The molecule has 6 nitrogen and oxygen atoms in total. The Balaban J connectivity index is 1.83. The Morgan fingerprint density at radius 1 is 1.29 bits per heavy atom. The zero-order valence-corrected chi connectivity index (χ0v) is 11.6. The number of nitrogens with zero attached hydrogens (tertiary/aromatic N) is 4. The standard InChI is InChI=1S/C15H15N5O/c1-12-5-2-3-6-13(12)20-14(7-9-17-20)18-15(21)19-10-4-8-16-11-19/h2-10H,11H2,1H3,(H,18,21). The molecule has 106 valence electrons. The molecule has 2 heterocycles. The van der Waals surface area contributed by atoms with Gasteiger partial charge in [-0.05, 0) is 24.6 Å². The van der Waals surface area contributed by atoms with E-state index in [9.17, 15) is 4.79 Å². The highest BCUT2D eigenvalue weighted by Crippen LogP contribution is 2.18. The summed E-state index contributed by atoms with van der Waals surface area (Å²) in [5.41, 5.74) is 2.02. The van der Waals surface area contributed by atoms with Crippen molar-refractivity contribution in [3.05, 3.63) is 54.4 Å². The number of aromatic nitrogens is 2. The number of allylic oxidation sites excluding steroid dienone is 1. The summed E-state index contributed by atoms with van der Waals surface area (Å²) >= 11 is 0. The largest absolute Gasteiger partial charge is 0.328 e. The minimum absolute atomic E-state index is 0.238. The van der Waals surface area contributed by atoms with Crippen LogP contribution in [0, 0.1) is 6.92 Å². The number of aryl methyl sites for hydroxylation is 1. The smallest absolute Gasteiger partial charge is 0.292 e. The van der Waals surface area contributed by atoms with E-state index in [1.54, 1.807) is 35.4 Å². The fourth-order valence-electron chi connectivity index (χ4n) is 2.09. The maximum atomic E-state index is 12.2. The number of rotatable bonds is 2. The van der Waals surface area contributed by atoms with Crippen molar-refractivity contribution in [2.75, 3.05) is 12.0 Å². The predicted molar refractivity (Wildman–Crippen MR) is 81.7 cm³/mol. The number of hydrogen-bond donors (Lipinski definition) is 1. The number of amides is 2. The van der Waals surface area contributed by atoms with Crippen molar-refractivity contribution in [2.45, 2.75) is 6.92 Å². The molecule has 1 aliphatic rings. The van der Waals surface area contributed by atoms with E-state index in [1.807, 2.05) is 31.2 Å². The molecule has 0 atom stereocenters. The lowest BCUT2D eigenvalue weighted by Gasteiger charge is -2.19. The molecule has 1 aromatic carbocycles. The number of para-hydroxylation sites is 1. The van der Waals surface area contributed by atoms with Gasteiger partial charge in [0, 0.05) is 18.5 Å². The zero-order chi connectivity index (χ0) is 14.7. The van der Waals surface area contributed by atoms with Crippen LogP contribution in [0.2, 0.25) is 0 Å². The van der Waals surface area contributed by atoms with Crippen molar-refractivity contribution in [2.24, 2.45) is 4.99 Å². The van der Waals surface area contributed by atoms with E-state index in [-0.39, 0.29) is 6.03 Å². The molecular weight excluding hydrogens is 266 g/mol. The first kappa shape index (κ1) is 13.1. The van der Waals surface area contributed by atoms with Gasteiger partial charge >= 0.3 is 6.03 Å². The average Bonchev–Trinajstić information content (AvgIpc) is 2.96. The van der Waals surface area contributed by atoms with Crippen molar-refractivity contribution in [3.63, 3.8) is 0 Å². The summed E-state index contributed by atoms with van der Waals surface area (Å²) in [7, 11) is 0. The molecule has 21 heavy (non-hydrogen) atoms. The monoisotopic (exact) mass is 281 g/mol. The van der Waals surface area contributed by atoms with E-state index in [0.29, 0.717) is 12.5 Å². The number of carbonyl (C=O) groups excluding carboxylic acids is 1. The van der Waals surface area contributed by atoms with E-state index in [1.165, 1.54) is 4.90 Å². The Bertz CT molecular complexity index is 716. The normalized spacial score (nSPS) is 13.5. The highest BCUT2D eigenvalue weighted by atomic mass is 16.2. The van der Waals surface area contributed by atoms with Crippen LogP contribution in [0.15, 0.2) is 53.8 Å². The summed E-state index contributed by atoms with van der Waals surface area (Å²) in [5.74, 6) is 0.622. The fourth-order valence-corrected chi connectivity index (χ4v) is 2.09. The number of benzene rings is 1. The summed E-state index contributed by atoms with van der Waals surface area (Å²) < 4.78 is 1.71. The van der Waals surface area contributed by atoms with Gasteiger partial charge in [-0.2, -0.15) is 5.10 Å². The summed E-state index contributed by atoms with van der Waals surface area (Å²) in [5, 5.41) is 7.13. The summed E-state index contributed by atoms with van der Waals surface area (Å²) in [4.78, 5) is 17.7. The molecule has 1 N–H and O–H groups in total. The van der Waals surface area contributed by atoms with Gasteiger partial charge in [0.15, 0.2) is 0 Å². The third-order valence-corrected chi connectivity index (χ3v) is 3.17. The van der Waals surface area contributed by atoms with Crippen molar-refractivity contribution in [1.82, 2.24) is 14.7 Å². The third-order valence-electron chi connectivity index (χ3n) is 3.17. The van der Waals surface area contributed by atoms with Crippen LogP contribution in [0.3, 0.4) is 0 Å². The SMILES string of the molecule is Cc1ccccc1-n1nccc1NC(=O)N1C=CC=NC1. The van der Waals surface area contributed by atoms with Gasteiger partial charge in [-0.15, -0.1) is 0 Å². The summed E-state index contributed by atoms with van der Waals surface area (Å²) in [6.07, 6.45) is 6.74. The van der Waals surface area contributed by atoms with Gasteiger partial charge in [0.05, 0.1) is 11.9 Å². The second-order valence-corrected chi connectivity index (χ2v) is 4.63. The van der Waals surface area contributed by atoms with E-state index in [2.05, 4.69) is 15.4 Å². The quantitative estimate of drug-likeness (QED) is 0.919. The maximum Gasteiger partial charge on any atom is 0.328 e. The van der Waals surface area contributed by atoms with Crippen LogP contribution in [0.1, 0.15) is 5.56 Å². The van der Waals surface area contributed by atoms with Crippen LogP contribution in [0.4, 0.5) is 10.6 Å². The van der Waals surface area contributed by atoms with Gasteiger partial charge < -0.3 is 0 Å². The minimum atomic E-state index is -0.238. The number of urea groups is 1. The maximum absolute atomic E-state index is 12.2. The highest BCUT2D eigenvalue weighted by Gasteiger charge is 2.14. The lowest BCUT2D eigenvalue weighted by atomic mass is 10.2. The molecule has 0 radical (unpaired) electrons. The first-order valence-corrected chi connectivity index (χ1v) is 6.60. The Morgan fingerprint density at radius 3 is 2.90 bits per heavy atom. The molecule has 3 rings (SSSR count). The number of aliphatic imine (C=N–C) groups is 1. The molecular formula is C15H15N5O. The van der Waals surface area contributed by atoms with Gasteiger partial charge in [0.25, 0.3) is 0 Å². The molecule has 1 aliphatic heterocycles. The minimum Gasteiger partial charge on any atom is -0.292 e. The molecule has 0 saturated carbocycles. The Labute approximate surface area is 122 Å². The highest BCUT2D eigenvalue weighted by molar-refractivity contribution is 5.90. The van der Waals surface area contributed by atoms with E-state index in [4.69, 9.17) is 0 Å². The van der Waals surface area contributed by atoms with Gasteiger partial charge in [-0.1, -0.05) is 18.2 Å². The second kappa shape index (κ2) is 5.62. The molecule has 1 aromatic heterocycles. The molecule has 0 aliphatic carbocycles. The van der Waals surface area contributed by atoms with Crippen molar-refractivity contribution in [1.29, 1.82) is 0 Å². The first-order valence-electron chi connectivity index (χ1n) is 6.60. The number of carbonyl (C=O) groups is 1. The van der Waals surface area contributed by atoms with Gasteiger partial charge in [-0.25, -0.2) is 9.48 Å². The van der Waals surface area contributed by atoms with Gasteiger partial charge in [0.1, 0.15) is 12.5 Å². The van der Waals surface area contributed by atoms with Crippen LogP contribution < -0.4 is 5.32 Å². The molecule has 6 heteroatoms. The predicted octanol–water partition coefficient (Wildman–Crippen LogP) is 2.57. The first-order chi connectivity index (χ1) is 10.3. The lowest BCUT2D eigenvalue weighted by molar-refractivity contribution is 0.229. The molecule has 0 fully saturated rings. The van der Waals surface area contributed by atoms with Gasteiger partial charge in [0.2, 0.25) is 0 Å². The van der Waals surface area contributed by atoms with E-state index >= 15 is 0 Å². The number of hydrogen-bond acceptors (Lipinski definition) is 3. The lowest BCUT2D eigenvalue weighted by Crippen LogP contribution is -2.32. The molecule has 0 spiro atoms. The van der Waals surface area contributed by atoms with Crippen LogP contribution in [0.25, 0.3) is 5.69 Å². The summed E-state index contributed by atoms with van der Waals surface area (Å²) in [6.45, 7) is 2.32.